The highest BCUT2D eigenvalue weighted by Gasteiger charge is 2.28. The second-order valence-corrected chi connectivity index (χ2v) is 7.51. The molecule has 3 rings (SSSR count). The van der Waals surface area contributed by atoms with E-state index in [2.05, 4.69) is 10.5 Å². The zero-order valence-electron chi connectivity index (χ0n) is 19.3. The Morgan fingerprint density at radius 3 is 2.12 bits per heavy atom. The molecule has 33 heavy (non-hydrogen) atoms. The third-order valence-electron chi connectivity index (χ3n) is 5.57. The van der Waals surface area contributed by atoms with Gasteiger partial charge in [0, 0.05) is 36.2 Å². The molecule has 2 amide bonds. The van der Waals surface area contributed by atoms with Crippen LogP contribution in [0.25, 0.3) is 0 Å². The first-order valence-corrected chi connectivity index (χ1v) is 10.6. The van der Waals surface area contributed by atoms with E-state index in [4.69, 9.17) is 18.9 Å². The second kappa shape index (κ2) is 11.2. The van der Waals surface area contributed by atoms with Crippen molar-refractivity contribution in [3.63, 3.8) is 0 Å². The molecule has 0 saturated carbocycles. The lowest BCUT2D eigenvalue weighted by molar-refractivity contribution is -0.126. The van der Waals surface area contributed by atoms with Crippen molar-refractivity contribution in [2.75, 3.05) is 41.5 Å². The summed E-state index contributed by atoms with van der Waals surface area (Å²) in [6.07, 6.45) is 2.63. The van der Waals surface area contributed by atoms with Crippen LogP contribution in [-0.2, 0) is 4.79 Å². The third-order valence-corrected chi connectivity index (χ3v) is 5.57. The summed E-state index contributed by atoms with van der Waals surface area (Å²) >= 11 is 0. The van der Waals surface area contributed by atoms with Gasteiger partial charge in [0.2, 0.25) is 5.91 Å². The molecule has 0 unspecified atom stereocenters. The lowest BCUT2D eigenvalue weighted by Crippen LogP contribution is -2.42. The van der Waals surface area contributed by atoms with Crippen molar-refractivity contribution in [2.24, 2.45) is 11.0 Å². The van der Waals surface area contributed by atoms with Gasteiger partial charge in [-0.3, -0.25) is 9.59 Å². The molecule has 1 aliphatic rings. The molecular weight excluding hydrogens is 426 g/mol. The smallest absolute Gasteiger partial charge is 0.254 e. The molecule has 9 heteroatoms. The molecule has 0 radical (unpaired) electrons. The van der Waals surface area contributed by atoms with Crippen LogP contribution >= 0.6 is 0 Å². The standard InChI is InChI=1S/C24H29N3O6/c1-30-19-5-6-22(33-4)18(13-19)15-25-26-23(28)16-7-9-27(10-8-16)24(29)17-11-20(31-2)14-21(12-17)32-3/h5-6,11-16H,7-10H2,1-4H3,(H,26,28)/b25-15-. The third kappa shape index (κ3) is 5.94. The van der Waals surface area contributed by atoms with Gasteiger partial charge in [-0.2, -0.15) is 5.10 Å². The Labute approximate surface area is 193 Å². The molecule has 0 spiro atoms. The fourth-order valence-electron chi connectivity index (χ4n) is 3.66. The Morgan fingerprint density at radius 2 is 1.55 bits per heavy atom. The van der Waals surface area contributed by atoms with Crippen LogP contribution in [-0.4, -0.2) is 64.5 Å². The topological polar surface area (TPSA) is 98.7 Å². The zero-order chi connectivity index (χ0) is 23.8. The molecule has 0 bridgehead atoms. The molecule has 1 heterocycles. The Hall–Kier alpha value is -3.75. The second-order valence-electron chi connectivity index (χ2n) is 7.51. The van der Waals surface area contributed by atoms with Gasteiger partial charge in [-0.05, 0) is 43.2 Å². The van der Waals surface area contributed by atoms with E-state index in [-0.39, 0.29) is 17.7 Å². The molecule has 0 atom stereocenters. The molecule has 0 aromatic heterocycles. The number of benzene rings is 2. The van der Waals surface area contributed by atoms with Gasteiger partial charge in [0.15, 0.2) is 0 Å². The maximum atomic E-state index is 12.9. The zero-order valence-corrected chi connectivity index (χ0v) is 19.3. The van der Waals surface area contributed by atoms with Crippen molar-refractivity contribution in [3.05, 3.63) is 47.5 Å². The van der Waals surface area contributed by atoms with E-state index in [1.165, 1.54) is 6.21 Å². The molecule has 1 saturated heterocycles. The van der Waals surface area contributed by atoms with Crippen LogP contribution < -0.4 is 24.4 Å². The van der Waals surface area contributed by atoms with Gasteiger partial charge >= 0.3 is 0 Å². The molecule has 0 aliphatic carbocycles. The van der Waals surface area contributed by atoms with Crippen LogP contribution in [0.15, 0.2) is 41.5 Å². The number of nitrogens with one attached hydrogen (secondary N) is 1. The van der Waals surface area contributed by atoms with Crippen molar-refractivity contribution in [3.8, 4) is 23.0 Å². The summed E-state index contributed by atoms with van der Waals surface area (Å²) in [7, 11) is 6.22. The van der Waals surface area contributed by atoms with Crippen LogP contribution in [0, 0.1) is 5.92 Å². The van der Waals surface area contributed by atoms with E-state index < -0.39 is 0 Å². The fourth-order valence-corrected chi connectivity index (χ4v) is 3.66. The normalized spacial score (nSPS) is 14.1. The van der Waals surface area contributed by atoms with E-state index >= 15 is 0 Å². The molecule has 1 aliphatic heterocycles. The Morgan fingerprint density at radius 1 is 0.909 bits per heavy atom. The number of methoxy groups -OCH3 is 4. The van der Waals surface area contributed by atoms with Crippen molar-refractivity contribution in [1.29, 1.82) is 0 Å². The minimum Gasteiger partial charge on any atom is -0.497 e. The summed E-state index contributed by atoms with van der Waals surface area (Å²) in [6, 6.07) is 10.4. The van der Waals surface area contributed by atoms with Crippen LogP contribution in [0.2, 0.25) is 0 Å². The number of amides is 2. The number of carbonyl (C=O) groups excluding carboxylic acids is 2. The molecular formula is C24H29N3O6. The maximum absolute atomic E-state index is 12.9. The molecule has 1 N–H and O–H groups in total. The molecule has 2 aromatic rings. The number of nitrogens with zero attached hydrogens (tertiary/aromatic N) is 2. The average Bonchev–Trinajstić information content (AvgIpc) is 2.87. The maximum Gasteiger partial charge on any atom is 0.254 e. The Kier molecular flexibility index (Phi) is 8.12. The van der Waals surface area contributed by atoms with Gasteiger partial charge in [0.05, 0.1) is 34.7 Å². The average molecular weight is 456 g/mol. The highest BCUT2D eigenvalue weighted by atomic mass is 16.5. The first-order chi connectivity index (χ1) is 16.0. The van der Waals surface area contributed by atoms with Gasteiger partial charge < -0.3 is 23.8 Å². The summed E-state index contributed by atoms with van der Waals surface area (Å²) in [5.74, 6) is 1.87. The van der Waals surface area contributed by atoms with Crippen LogP contribution in [0.3, 0.4) is 0 Å². The molecule has 1 fully saturated rings. The molecule has 2 aromatic carbocycles. The first-order valence-electron chi connectivity index (χ1n) is 10.6. The number of carbonyl (C=O) groups is 2. The predicted octanol–water partition coefficient (Wildman–Crippen LogP) is 2.72. The largest absolute Gasteiger partial charge is 0.497 e. The van der Waals surface area contributed by atoms with Gasteiger partial charge in [0.1, 0.15) is 23.0 Å². The van der Waals surface area contributed by atoms with Crippen LogP contribution in [0.1, 0.15) is 28.8 Å². The Balaban J connectivity index is 1.56. The van der Waals surface area contributed by atoms with E-state index in [9.17, 15) is 9.59 Å². The molecule has 176 valence electrons. The number of ether oxygens (including phenoxy) is 4. The number of rotatable bonds is 8. The van der Waals surface area contributed by atoms with E-state index in [1.54, 1.807) is 69.7 Å². The van der Waals surface area contributed by atoms with Crippen LogP contribution in [0.5, 0.6) is 23.0 Å². The van der Waals surface area contributed by atoms with Gasteiger partial charge in [-0.25, -0.2) is 5.43 Å². The Bertz CT molecular complexity index is 993. The quantitative estimate of drug-likeness (QED) is 0.486. The summed E-state index contributed by atoms with van der Waals surface area (Å²) in [5.41, 5.74) is 3.77. The van der Waals surface area contributed by atoms with Gasteiger partial charge in [0.25, 0.3) is 5.91 Å². The number of piperidine rings is 1. The SMILES string of the molecule is COc1cc(OC)cc(C(=O)N2CCC(C(=O)N/N=C\c3cc(OC)ccc3OC)CC2)c1. The van der Waals surface area contributed by atoms with Gasteiger partial charge in [-0.15, -0.1) is 0 Å². The van der Waals surface area contributed by atoms with Gasteiger partial charge in [-0.1, -0.05) is 0 Å². The fraction of sp³-hybridized carbons (Fsp3) is 0.375. The van der Waals surface area contributed by atoms with Crippen molar-refractivity contribution >= 4 is 18.0 Å². The summed E-state index contributed by atoms with van der Waals surface area (Å²) in [4.78, 5) is 27.2. The monoisotopic (exact) mass is 455 g/mol. The number of hydrogen-bond acceptors (Lipinski definition) is 7. The van der Waals surface area contributed by atoms with E-state index in [1.807, 2.05) is 0 Å². The number of likely N-dealkylation sites (tertiary alicyclic amines) is 1. The highest BCUT2D eigenvalue weighted by molar-refractivity contribution is 5.95. The summed E-state index contributed by atoms with van der Waals surface area (Å²) in [5, 5.41) is 4.07. The summed E-state index contributed by atoms with van der Waals surface area (Å²) in [6.45, 7) is 0.952. The minimum atomic E-state index is -0.224. The summed E-state index contributed by atoms with van der Waals surface area (Å²) < 4.78 is 21.0. The van der Waals surface area contributed by atoms with Crippen molar-refractivity contribution in [1.82, 2.24) is 10.3 Å². The number of hydrazone groups is 1. The first kappa shape index (κ1) is 23.9. The van der Waals surface area contributed by atoms with E-state index in [0.29, 0.717) is 60.1 Å². The predicted molar refractivity (Wildman–Crippen MR) is 123 cm³/mol. The lowest BCUT2D eigenvalue weighted by atomic mass is 9.95. The van der Waals surface area contributed by atoms with Crippen molar-refractivity contribution in [2.45, 2.75) is 12.8 Å². The lowest BCUT2D eigenvalue weighted by Gasteiger charge is -2.31. The van der Waals surface area contributed by atoms with Crippen molar-refractivity contribution < 1.29 is 28.5 Å². The molecule has 9 nitrogen and oxygen atoms in total. The number of hydrogen-bond donors (Lipinski definition) is 1. The highest BCUT2D eigenvalue weighted by Crippen LogP contribution is 2.26. The van der Waals surface area contributed by atoms with Crippen LogP contribution in [0.4, 0.5) is 0 Å². The minimum absolute atomic E-state index is 0.116. The van der Waals surface area contributed by atoms with E-state index in [0.717, 1.165) is 0 Å².